The standard InChI is InChI=1S/C18H25FN4OS/c1-3-25(24)16-6-4-5-15(10-16)23-18(21-2)22-12-14-8-7-13(11-20)9-17(14)19/h7-9,15-16H,3-6,10,12H2,1-2H3,(H2,21,22,23). The predicted octanol–water partition coefficient (Wildman–Crippen LogP) is 2.44. The maximum Gasteiger partial charge on any atom is 0.191 e. The molecule has 0 heterocycles. The van der Waals surface area contributed by atoms with E-state index in [1.165, 1.54) is 6.07 Å². The summed E-state index contributed by atoms with van der Waals surface area (Å²) in [6, 6.07) is 6.59. The molecule has 1 aromatic carbocycles. The van der Waals surface area contributed by atoms with Gasteiger partial charge >= 0.3 is 0 Å². The van der Waals surface area contributed by atoms with Crippen LogP contribution in [0.5, 0.6) is 0 Å². The maximum absolute atomic E-state index is 13.9. The Morgan fingerprint density at radius 1 is 1.48 bits per heavy atom. The highest BCUT2D eigenvalue weighted by molar-refractivity contribution is 7.85. The lowest BCUT2D eigenvalue weighted by Crippen LogP contribution is -2.46. The van der Waals surface area contributed by atoms with E-state index >= 15 is 0 Å². The molecule has 2 rings (SSSR count). The van der Waals surface area contributed by atoms with Crippen LogP contribution in [0.1, 0.15) is 43.7 Å². The van der Waals surface area contributed by atoms with E-state index in [1.807, 2.05) is 13.0 Å². The second-order valence-electron chi connectivity index (χ2n) is 6.14. The summed E-state index contributed by atoms with van der Waals surface area (Å²) in [5.74, 6) is 0.900. The van der Waals surface area contributed by atoms with Gasteiger partial charge in [0.15, 0.2) is 5.96 Å². The average Bonchev–Trinajstić information content (AvgIpc) is 2.65. The van der Waals surface area contributed by atoms with Gasteiger partial charge in [0.25, 0.3) is 0 Å². The number of nitrogens with one attached hydrogen (secondary N) is 2. The highest BCUT2D eigenvalue weighted by Crippen LogP contribution is 2.23. The van der Waals surface area contributed by atoms with Crippen LogP contribution in [0.25, 0.3) is 0 Å². The molecule has 0 saturated heterocycles. The molecule has 136 valence electrons. The minimum Gasteiger partial charge on any atom is -0.354 e. The van der Waals surface area contributed by atoms with Gasteiger partial charge in [-0.1, -0.05) is 19.4 Å². The number of hydrogen-bond acceptors (Lipinski definition) is 3. The Labute approximate surface area is 151 Å². The van der Waals surface area contributed by atoms with E-state index in [0.29, 0.717) is 22.8 Å². The second kappa shape index (κ2) is 9.52. The third-order valence-electron chi connectivity index (χ3n) is 4.48. The summed E-state index contributed by atoms with van der Waals surface area (Å²) in [4.78, 5) is 4.19. The summed E-state index contributed by atoms with van der Waals surface area (Å²) in [5, 5.41) is 15.5. The molecular formula is C18H25FN4OS. The minimum absolute atomic E-state index is 0.228. The van der Waals surface area contributed by atoms with Crippen LogP contribution in [-0.4, -0.2) is 34.3 Å². The molecule has 0 aromatic heterocycles. The lowest BCUT2D eigenvalue weighted by Gasteiger charge is -2.30. The Morgan fingerprint density at radius 3 is 2.92 bits per heavy atom. The first-order chi connectivity index (χ1) is 12.1. The van der Waals surface area contributed by atoms with Gasteiger partial charge in [0.05, 0.1) is 11.6 Å². The van der Waals surface area contributed by atoms with Crippen molar-refractivity contribution in [1.82, 2.24) is 10.6 Å². The Balaban J connectivity index is 1.90. The molecule has 1 fully saturated rings. The minimum atomic E-state index is -0.767. The van der Waals surface area contributed by atoms with Crippen LogP contribution in [0.4, 0.5) is 4.39 Å². The zero-order valence-electron chi connectivity index (χ0n) is 14.7. The molecule has 7 heteroatoms. The molecular weight excluding hydrogens is 339 g/mol. The van der Waals surface area contributed by atoms with Crippen molar-refractivity contribution in [2.45, 2.75) is 50.4 Å². The Morgan fingerprint density at radius 2 is 2.28 bits per heavy atom. The van der Waals surface area contributed by atoms with Gasteiger partial charge in [-0.25, -0.2) is 4.39 Å². The lowest BCUT2D eigenvalue weighted by atomic mass is 9.95. The maximum atomic E-state index is 13.9. The van der Waals surface area contributed by atoms with E-state index in [-0.39, 0.29) is 17.8 Å². The molecule has 0 bridgehead atoms. The smallest absolute Gasteiger partial charge is 0.191 e. The van der Waals surface area contributed by atoms with E-state index in [4.69, 9.17) is 5.26 Å². The van der Waals surface area contributed by atoms with E-state index in [0.717, 1.165) is 25.7 Å². The summed E-state index contributed by atoms with van der Waals surface area (Å²) in [5.41, 5.74) is 0.788. The fourth-order valence-corrected chi connectivity index (χ4v) is 4.43. The van der Waals surface area contributed by atoms with Gasteiger partial charge in [-0.3, -0.25) is 9.20 Å². The first kappa shape index (κ1) is 19.4. The fourth-order valence-electron chi connectivity index (χ4n) is 3.08. The Kier molecular flexibility index (Phi) is 7.38. The SMILES string of the molecule is CCS(=O)C1CCCC(NC(=NC)NCc2ccc(C#N)cc2F)C1. The van der Waals surface area contributed by atoms with Crippen molar-refractivity contribution in [1.29, 1.82) is 5.26 Å². The summed E-state index contributed by atoms with van der Waals surface area (Å²) in [7, 11) is 0.909. The molecule has 3 atom stereocenters. The van der Waals surface area contributed by atoms with Crippen molar-refractivity contribution in [3.63, 3.8) is 0 Å². The molecule has 25 heavy (non-hydrogen) atoms. The highest BCUT2D eigenvalue weighted by atomic mass is 32.2. The Hall–Kier alpha value is -1.94. The number of halogens is 1. The van der Waals surface area contributed by atoms with Crippen LogP contribution >= 0.6 is 0 Å². The number of aliphatic imine (C=N–C) groups is 1. The highest BCUT2D eigenvalue weighted by Gasteiger charge is 2.26. The monoisotopic (exact) mass is 364 g/mol. The van der Waals surface area contributed by atoms with E-state index in [1.54, 1.807) is 19.2 Å². The van der Waals surface area contributed by atoms with Gasteiger partial charge in [-0.15, -0.1) is 0 Å². The predicted molar refractivity (Wildman–Crippen MR) is 99.2 cm³/mol. The number of nitriles is 1. The quantitative estimate of drug-likeness (QED) is 0.621. The van der Waals surface area contributed by atoms with Crippen LogP contribution in [-0.2, 0) is 17.3 Å². The molecule has 2 N–H and O–H groups in total. The van der Waals surface area contributed by atoms with Gasteiger partial charge in [0.1, 0.15) is 5.82 Å². The number of guanidine groups is 1. The van der Waals surface area contributed by atoms with Gasteiger partial charge in [0, 0.05) is 47.0 Å². The molecule has 1 aliphatic carbocycles. The third kappa shape index (κ3) is 5.53. The van der Waals surface area contributed by atoms with Crippen molar-refractivity contribution in [3.8, 4) is 6.07 Å². The largest absolute Gasteiger partial charge is 0.354 e. The third-order valence-corrected chi connectivity index (χ3v) is 6.22. The van der Waals surface area contributed by atoms with Crippen molar-refractivity contribution in [2.75, 3.05) is 12.8 Å². The van der Waals surface area contributed by atoms with E-state index in [2.05, 4.69) is 15.6 Å². The van der Waals surface area contributed by atoms with E-state index in [9.17, 15) is 8.60 Å². The number of rotatable bonds is 5. The molecule has 0 radical (unpaired) electrons. The Bertz CT molecular complexity index is 686. The summed E-state index contributed by atoms with van der Waals surface area (Å²) in [6.45, 7) is 2.24. The zero-order valence-corrected chi connectivity index (χ0v) is 15.5. The number of hydrogen-bond donors (Lipinski definition) is 2. The number of benzene rings is 1. The summed E-state index contributed by atoms with van der Waals surface area (Å²) < 4.78 is 26.0. The molecule has 1 aromatic rings. The van der Waals surface area contributed by atoms with Crippen LogP contribution in [0.15, 0.2) is 23.2 Å². The van der Waals surface area contributed by atoms with Gasteiger partial charge in [-0.2, -0.15) is 5.26 Å². The topological polar surface area (TPSA) is 77.3 Å². The second-order valence-corrected chi connectivity index (χ2v) is 8.15. The molecule has 1 aliphatic rings. The van der Waals surface area contributed by atoms with Crippen LogP contribution in [0, 0.1) is 17.1 Å². The van der Waals surface area contributed by atoms with Crippen molar-refractivity contribution >= 4 is 16.8 Å². The van der Waals surface area contributed by atoms with Crippen LogP contribution in [0.2, 0.25) is 0 Å². The summed E-state index contributed by atoms with van der Waals surface area (Å²) >= 11 is 0. The van der Waals surface area contributed by atoms with Crippen molar-refractivity contribution < 1.29 is 8.60 Å². The molecule has 3 unspecified atom stereocenters. The molecule has 5 nitrogen and oxygen atoms in total. The van der Waals surface area contributed by atoms with Crippen molar-refractivity contribution in [3.05, 3.63) is 35.1 Å². The van der Waals surface area contributed by atoms with Crippen molar-refractivity contribution in [2.24, 2.45) is 4.99 Å². The fraction of sp³-hybridized carbons (Fsp3) is 0.556. The average molecular weight is 364 g/mol. The zero-order chi connectivity index (χ0) is 18.2. The van der Waals surface area contributed by atoms with Crippen LogP contribution in [0.3, 0.4) is 0 Å². The first-order valence-electron chi connectivity index (χ1n) is 8.60. The van der Waals surface area contributed by atoms with Gasteiger partial charge in [0.2, 0.25) is 0 Å². The molecule has 0 aliphatic heterocycles. The summed E-state index contributed by atoms with van der Waals surface area (Å²) in [6.07, 6.45) is 3.95. The van der Waals surface area contributed by atoms with Crippen LogP contribution < -0.4 is 10.6 Å². The lowest BCUT2D eigenvalue weighted by molar-refractivity contribution is 0.413. The molecule has 1 saturated carbocycles. The molecule has 0 spiro atoms. The van der Waals surface area contributed by atoms with E-state index < -0.39 is 16.6 Å². The van der Waals surface area contributed by atoms with Gasteiger partial charge < -0.3 is 10.6 Å². The normalized spacial score (nSPS) is 22.1. The van der Waals surface area contributed by atoms with Gasteiger partial charge in [-0.05, 0) is 31.4 Å². The first-order valence-corrected chi connectivity index (χ1v) is 9.98. The number of nitrogens with zero attached hydrogens (tertiary/aromatic N) is 2. The molecule has 0 amide bonds.